The van der Waals surface area contributed by atoms with Gasteiger partial charge in [-0.2, -0.15) is 13.2 Å². The SMILES string of the molecule is O=C1c2ccccc2O[C@@H](C(F)(F)F)[C@@H]1S(=O)(=O)c1ccccc1. The Hall–Kier alpha value is -2.35. The van der Waals surface area contributed by atoms with Crippen molar-refractivity contribution >= 4 is 15.6 Å². The molecule has 2 aromatic carbocycles. The topological polar surface area (TPSA) is 60.4 Å². The van der Waals surface area contributed by atoms with Crippen LogP contribution in [0, 0.1) is 0 Å². The van der Waals surface area contributed by atoms with Crippen LogP contribution < -0.4 is 4.74 Å². The molecule has 3 rings (SSSR count). The molecule has 4 nitrogen and oxygen atoms in total. The molecule has 1 aliphatic heterocycles. The number of Topliss-reactive ketones (excluding diaryl/α,β-unsaturated/α-hetero) is 1. The van der Waals surface area contributed by atoms with E-state index in [0.29, 0.717) is 0 Å². The minimum Gasteiger partial charge on any atom is -0.478 e. The maximum atomic E-state index is 13.4. The summed E-state index contributed by atoms with van der Waals surface area (Å²) in [6.45, 7) is 0. The van der Waals surface area contributed by atoms with E-state index in [1.165, 1.54) is 42.5 Å². The molecule has 0 bridgehead atoms. The molecule has 8 heteroatoms. The Morgan fingerprint density at radius 3 is 2.12 bits per heavy atom. The summed E-state index contributed by atoms with van der Waals surface area (Å²) in [5.74, 6) is -1.40. The van der Waals surface area contributed by atoms with Crippen molar-refractivity contribution in [1.29, 1.82) is 0 Å². The van der Waals surface area contributed by atoms with Crippen LogP contribution in [0.1, 0.15) is 10.4 Å². The Kier molecular flexibility index (Phi) is 3.87. The lowest BCUT2D eigenvalue weighted by Crippen LogP contribution is -2.54. The van der Waals surface area contributed by atoms with E-state index < -0.39 is 33.2 Å². The average molecular weight is 356 g/mol. The first-order valence-electron chi connectivity index (χ1n) is 6.88. The Morgan fingerprint density at radius 1 is 0.917 bits per heavy atom. The van der Waals surface area contributed by atoms with Gasteiger partial charge in [0.2, 0.25) is 6.10 Å². The number of halogens is 3. The maximum absolute atomic E-state index is 13.4. The first-order valence-corrected chi connectivity index (χ1v) is 8.43. The van der Waals surface area contributed by atoms with Gasteiger partial charge in [-0.25, -0.2) is 8.42 Å². The van der Waals surface area contributed by atoms with Gasteiger partial charge in [0, 0.05) is 0 Å². The highest BCUT2D eigenvalue weighted by atomic mass is 32.2. The number of ketones is 1. The van der Waals surface area contributed by atoms with Gasteiger partial charge in [0.15, 0.2) is 20.9 Å². The monoisotopic (exact) mass is 356 g/mol. The molecule has 126 valence electrons. The minimum absolute atomic E-state index is 0.178. The zero-order valence-corrected chi connectivity index (χ0v) is 12.8. The van der Waals surface area contributed by atoms with Crippen LogP contribution in [0.5, 0.6) is 5.75 Å². The average Bonchev–Trinajstić information content (AvgIpc) is 2.54. The lowest BCUT2D eigenvalue weighted by molar-refractivity contribution is -0.194. The molecule has 0 spiro atoms. The second-order valence-corrected chi connectivity index (χ2v) is 7.29. The summed E-state index contributed by atoms with van der Waals surface area (Å²) < 4.78 is 70.3. The number of carbonyl (C=O) groups is 1. The normalized spacial score (nSPS) is 21.0. The summed E-state index contributed by atoms with van der Waals surface area (Å²) in [6.07, 6.45) is -7.78. The number of hydrogen-bond acceptors (Lipinski definition) is 4. The van der Waals surface area contributed by atoms with E-state index in [0.717, 1.165) is 12.1 Å². The zero-order chi connectivity index (χ0) is 17.5. The van der Waals surface area contributed by atoms with Crippen LogP contribution in [0.3, 0.4) is 0 Å². The number of alkyl halides is 3. The Morgan fingerprint density at radius 2 is 1.50 bits per heavy atom. The molecule has 0 aromatic heterocycles. The molecule has 2 aromatic rings. The second-order valence-electron chi connectivity index (χ2n) is 5.22. The fourth-order valence-corrected chi connectivity index (χ4v) is 4.33. The third-order valence-electron chi connectivity index (χ3n) is 3.67. The standard InChI is InChI=1S/C16H11F3O4S/c17-16(18,19)15-14(24(21,22)10-6-2-1-3-7-10)13(20)11-8-4-5-9-12(11)23-15/h1-9,14-15H/t14-,15-/m1/s1. The van der Waals surface area contributed by atoms with E-state index in [1.54, 1.807) is 0 Å². The van der Waals surface area contributed by atoms with Crippen molar-refractivity contribution in [3.8, 4) is 5.75 Å². The molecule has 0 unspecified atom stereocenters. The molecular formula is C16H11F3O4S. The number of fused-ring (bicyclic) bond motifs is 1. The number of rotatable bonds is 2. The third-order valence-corrected chi connectivity index (χ3v) is 5.73. The fraction of sp³-hybridized carbons (Fsp3) is 0.188. The summed E-state index contributed by atoms with van der Waals surface area (Å²) in [4.78, 5) is 12.2. The van der Waals surface area contributed by atoms with Crippen molar-refractivity contribution in [2.75, 3.05) is 0 Å². The van der Waals surface area contributed by atoms with Crippen LogP contribution in [-0.2, 0) is 9.84 Å². The highest BCUT2D eigenvalue weighted by molar-refractivity contribution is 7.93. The molecule has 0 fully saturated rings. The molecular weight excluding hydrogens is 345 g/mol. The summed E-state index contributed by atoms with van der Waals surface area (Å²) >= 11 is 0. The summed E-state index contributed by atoms with van der Waals surface area (Å²) in [7, 11) is -4.58. The van der Waals surface area contributed by atoms with Crippen LogP contribution in [0.2, 0.25) is 0 Å². The van der Waals surface area contributed by atoms with Gasteiger partial charge in [0.1, 0.15) is 5.75 Å². The van der Waals surface area contributed by atoms with E-state index in [9.17, 15) is 26.4 Å². The van der Waals surface area contributed by atoms with Gasteiger partial charge in [-0.1, -0.05) is 30.3 Å². The van der Waals surface area contributed by atoms with Crippen LogP contribution in [0.15, 0.2) is 59.5 Å². The number of hydrogen-bond donors (Lipinski definition) is 0. The molecule has 0 amide bonds. The van der Waals surface area contributed by atoms with Crippen molar-refractivity contribution in [1.82, 2.24) is 0 Å². The largest absolute Gasteiger partial charge is 0.478 e. The highest BCUT2D eigenvalue weighted by Crippen LogP contribution is 2.39. The van der Waals surface area contributed by atoms with Crippen molar-refractivity contribution in [3.05, 3.63) is 60.2 Å². The summed E-state index contributed by atoms with van der Waals surface area (Å²) in [6, 6.07) is 11.9. The van der Waals surface area contributed by atoms with Gasteiger partial charge in [-0.05, 0) is 24.3 Å². The molecule has 0 N–H and O–H groups in total. The lowest BCUT2D eigenvalue weighted by atomic mass is 10.00. The van der Waals surface area contributed by atoms with Crippen LogP contribution in [0.4, 0.5) is 13.2 Å². The molecule has 0 aliphatic carbocycles. The van der Waals surface area contributed by atoms with Gasteiger partial charge in [0.25, 0.3) is 0 Å². The van der Waals surface area contributed by atoms with Crippen molar-refractivity contribution in [2.24, 2.45) is 0 Å². The molecule has 24 heavy (non-hydrogen) atoms. The quantitative estimate of drug-likeness (QED) is 0.830. The maximum Gasteiger partial charge on any atom is 0.427 e. The van der Waals surface area contributed by atoms with Gasteiger partial charge in [-0.15, -0.1) is 0 Å². The molecule has 1 heterocycles. The van der Waals surface area contributed by atoms with Gasteiger partial charge in [-0.3, -0.25) is 4.79 Å². The molecule has 0 saturated carbocycles. The van der Waals surface area contributed by atoms with Crippen molar-refractivity contribution < 1.29 is 31.1 Å². The lowest BCUT2D eigenvalue weighted by Gasteiger charge is -2.33. The molecule has 2 atom stereocenters. The second kappa shape index (κ2) is 5.62. The number of para-hydroxylation sites is 1. The van der Waals surface area contributed by atoms with Crippen LogP contribution >= 0.6 is 0 Å². The van der Waals surface area contributed by atoms with Crippen LogP contribution in [-0.4, -0.2) is 31.7 Å². The predicted octanol–water partition coefficient (Wildman–Crippen LogP) is 3.04. The first-order chi connectivity index (χ1) is 11.2. The smallest absolute Gasteiger partial charge is 0.427 e. The number of carbonyl (C=O) groups excluding carboxylic acids is 1. The highest BCUT2D eigenvalue weighted by Gasteiger charge is 2.58. The fourth-order valence-electron chi connectivity index (χ4n) is 2.56. The van der Waals surface area contributed by atoms with E-state index in [-0.39, 0.29) is 16.2 Å². The van der Waals surface area contributed by atoms with E-state index in [1.807, 2.05) is 0 Å². The van der Waals surface area contributed by atoms with Gasteiger partial charge < -0.3 is 4.74 Å². The zero-order valence-electron chi connectivity index (χ0n) is 12.0. The minimum atomic E-state index is -5.02. The Bertz CT molecular complexity index is 876. The first kappa shape index (κ1) is 16.5. The number of benzene rings is 2. The van der Waals surface area contributed by atoms with E-state index in [2.05, 4.69) is 0 Å². The van der Waals surface area contributed by atoms with E-state index >= 15 is 0 Å². The van der Waals surface area contributed by atoms with Crippen molar-refractivity contribution in [2.45, 2.75) is 22.4 Å². The number of ether oxygens (including phenoxy) is 1. The van der Waals surface area contributed by atoms with Crippen LogP contribution in [0.25, 0.3) is 0 Å². The number of sulfone groups is 1. The summed E-state index contributed by atoms with van der Waals surface area (Å²) in [5.41, 5.74) is -0.178. The Labute approximate surface area is 135 Å². The van der Waals surface area contributed by atoms with Crippen molar-refractivity contribution in [3.63, 3.8) is 0 Å². The molecule has 0 saturated heterocycles. The predicted molar refractivity (Wildman–Crippen MR) is 78.7 cm³/mol. The summed E-state index contributed by atoms with van der Waals surface area (Å²) in [5, 5.41) is -2.38. The molecule has 1 aliphatic rings. The molecule has 0 radical (unpaired) electrons. The Balaban J connectivity index is 2.18. The van der Waals surface area contributed by atoms with E-state index in [4.69, 9.17) is 4.74 Å². The van der Waals surface area contributed by atoms with Gasteiger partial charge in [0.05, 0.1) is 10.5 Å². The third kappa shape index (κ3) is 2.66. The van der Waals surface area contributed by atoms with Gasteiger partial charge >= 0.3 is 6.18 Å².